The summed E-state index contributed by atoms with van der Waals surface area (Å²) in [5.74, 6) is 0.779. The zero-order chi connectivity index (χ0) is 15.7. The molecule has 0 saturated heterocycles. The summed E-state index contributed by atoms with van der Waals surface area (Å²) in [6.07, 6.45) is 3.85. The predicted molar refractivity (Wildman–Crippen MR) is 91.9 cm³/mol. The van der Waals surface area contributed by atoms with Crippen molar-refractivity contribution in [2.75, 3.05) is 0 Å². The maximum absolute atomic E-state index is 4.58. The fraction of sp³-hybridized carbons (Fsp3) is 0.200. The summed E-state index contributed by atoms with van der Waals surface area (Å²) in [4.78, 5) is 9.16. The van der Waals surface area contributed by atoms with Gasteiger partial charge in [0.05, 0.1) is 0 Å². The lowest BCUT2D eigenvalue weighted by atomic mass is 9.98. The first kappa shape index (κ1) is 14.5. The topological polar surface area (TPSA) is 25.8 Å². The summed E-state index contributed by atoms with van der Waals surface area (Å²) in [6.45, 7) is 8.45. The predicted octanol–water partition coefficient (Wildman–Crippen LogP) is 5.04. The maximum Gasteiger partial charge on any atom is 0.159 e. The second kappa shape index (κ2) is 5.72. The Morgan fingerprint density at radius 3 is 1.77 bits per heavy atom. The van der Waals surface area contributed by atoms with E-state index in [9.17, 15) is 0 Å². The highest BCUT2D eigenvalue weighted by Gasteiger charge is 2.08. The van der Waals surface area contributed by atoms with Gasteiger partial charge in [-0.2, -0.15) is 0 Å². The number of aryl methyl sites for hydroxylation is 4. The van der Waals surface area contributed by atoms with Gasteiger partial charge < -0.3 is 0 Å². The lowest BCUT2D eigenvalue weighted by Gasteiger charge is -2.10. The van der Waals surface area contributed by atoms with Crippen molar-refractivity contribution in [3.05, 3.63) is 71.0 Å². The number of nitrogens with zero attached hydrogens (tertiary/aromatic N) is 2. The Morgan fingerprint density at radius 1 is 0.682 bits per heavy atom. The molecular formula is C20H20N2. The van der Waals surface area contributed by atoms with Crippen LogP contribution >= 0.6 is 0 Å². The molecule has 0 unspecified atom stereocenters. The molecule has 0 saturated carbocycles. The molecule has 1 heterocycles. The van der Waals surface area contributed by atoms with Gasteiger partial charge in [-0.3, -0.25) is 0 Å². The number of benzene rings is 2. The molecule has 2 aromatic carbocycles. The summed E-state index contributed by atoms with van der Waals surface area (Å²) < 4.78 is 0. The van der Waals surface area contributed by atoms with E-state index in [2.05, 4.69) is 74.1 Å². The van der Waals surface area contributed by atoms with E-state index in [0.29, 0.717) is 0 Å². The van der Waals surface area contributed by atoms with Crippen molar-refractivity contribution < 1.29 is 0 Å². The average molecular weight is 288 g/mol. The van der Waals surface area contributed by atoms with E-state index in [4.69, 9.17) is 0 Å². The van der Waals surface area contributed by atoms with Crippen LogP contribution in [0.25, 0.3) is 22.5 Å². The molecule has 110 valence electrons. The Labute approximate surface area is 131 Å². The van der Waals surface area contributed by atoms with Gasteiger partial charge in [-0.05, 0) is 56.5 Å². The number of rotatable bonds is 2. The van der Waals surface area contributed by atoms with Gasteiger partial charge in [-0.1, -0.05) is 35.4 Å². The molecular weight excluding hydrogens is 268 g/mol. The lowest BCUT2D eigenvalue weighted by molar-refractivity contribution is 1.17. The molecule has 0 aliphatic rings. The molecule has 0 radical (unpaired) electrons. The van der Waals surface area contributed by atoms with Crippen molar-refractivity contribution >= 4 is 0 Å². The van der Waals surface area contributed by atoms with Crippen LogP contribution in [-0.2, 0) is 0 Å². The van der Waals surface area contributed by atoms with E-state index in [1.807, 2.05) is 12.4 Å². The molecule has 2 nitrogen and oxygen atoms in total. The third-order valence-corrected chi connectivity index (χ3v) is 3.90. The van der Waals surface area contributed by atoms with E-state index in [1.165, 1.54) is 27.8 Å². The Balaban J connectivity index is 2.03. The summed E-state index contributed by atoms with van der Waals surface area (Å²) in [6, 6.07) is 12.7. The van der Waals surface area contributed by atoms with Crippen molar-refractivity contribution in [1.29, 1.82) is 0 Å². The van der Waals surface area contributed by atoms with Gasteiger partial charge in [0.15, 0.2) is 5.82 Å². The van der Waals surface area contributed by atoms with Crippen LogP contribution in [0, 0.1) is 27.7 Å². The van der Waals surface area contributed by atoms with Gasteiger partial charge in [0.1, 0.15) is 0 Å². The largest absolute Gasteiger partial charge is 0.236 e. The molecule has 3 aromatic rings. The standard InChI is InChI=1S/C20H20N2/c1-13-8-14(2)10-17(9-13)20-21-11-18(12-22-20)19-15(3)6-5-7-16(19)4/h5-12H,1-4H3. The molecule has 0 amide bonds. The van der Waals surface area contributed by atoms with Gasteiger partial charge in [-0.25, -0.2) is 9.97 Å². The van der Waals surface area contributed by atoms with Gasteiger partial charge in [0, 0.05) is 23.5 Å². The smallest absolute Gasteiger partial charge is 0.159 e. The lowest BCUT2D eigenvalue weighted by Crippen LogP contribution is -1.93. The summed E-state index contributed by atoms with van der Waals surface area (Å²) >= 11 is 0. The molecule has 2 heteroatoms. The molecule has 0 aliphatic carbocycles. The van der Waals surface area contributed by atoms with Crippen molar-refractivity contribution in [1.82, 2.24) is 9.97 Å². The van der Waals surface area contributed by atoms with Crippen LogP contribution in [0.3, 0.4) is 0 Å². The molecule has 3 rings (SSSR count). The average Bonchev–Trinajstić information content (AvgIpc) is 2.47. The van der Waals surface area contributed by atoms with E-state index < -0.39 is 0 Å². The van der Waals surface area contributed by atoms with E-state index in [-0.39, 0.29) is 0 Å². The molecule has 0 bridgehead atoms. The highest BCUT2D eigenvalue weighted by atomic mass is 14.9. The number of hydrogen-bond donors (Lipinski definition) is 0. The monoisotopic (exact) mass is 288 g/mol. The third-order valence-electron chi connectivity index (χ3n) is 3.90. The van der Waals surface area contributed by atoms with Crippen molar-refractivity contribution in [2.45, 2.75) is 27.7 Å². The van der Waals surface area contributed by atoms with Gasteiger partial charge in [-0.15, -0.1) is 0 Å². The van der Waals surface area contributed by atoms with Crippen LogP contribution in [0.4, 0.5) is 0 Å². The van der Waals surface area contributed by atoms with Crippen LogP contribution in [0.1, 0.15) is 22.3 Å². The first-order valence-corrected chi connectivity index (χ1v) is 7.52. The SMILES string of the molecule is Cc1cc(C)cc(-c2ncc(-c3c(C)cccc3C)cn2)c1. The molecule has 0 fully saturated rings. The first-order valence-electron chi connectivity index (χ1n) is 7.52. The Hall–Kier alpha value is -2.48. The molecule has 0 spiro atoms. The summed E-state index contributed by atoms with van der Waals surface area (Å²) in [5.41, 5.74) is 8.35. The molecule has 1 aromatic heterocycles. The normalized spacial score (nSPS) is 10.7. The first-order chi connectivity index (χ1) is 10.5. The van der Waals surface area contributed by atoms with Crippen molar-refractivity contribution in [3.63, 3.8) is 0 Å². The molecule has 0 atom stereocenters. The zero-order valence-corrected chi connectivity index (χ0v) is 13.5. The summed E-state index contributed by atoms with van der Waals surface area (Å²) in [7, 11) is 0. The van der Waals surface area contributed by atoms with E-state index in [1.54, 1.807) is 0 Å². The van der Waals surface area contributed by atoms with Crippen molar-refractivity contribution in [2.24, 2.45) is 0 Å². The van der Waals surface area contributed by atoms with Crippen molar-refractivity contribution in [3.8, 4) is 22.5 Å². The third kappa shape index (κ3) is 2.77. The quantitative estimate of drug-likeness (QED) is 0.660. The number of hydrogen-bond acceptors (Lipinski definition) is 2. The van der Waals surface area contributed by atoms with Gasteiger partial charge >= 0.3 is 0 Å². The van der Waals surface area contributed by atoms with Crippen LogP contribution in [0.5, 0.6) is 0 Å². The van der Waals surface area contributed by atoms with Crippen LogP contribution in [0.2, 0.25) is 0 Å². The molecule has 0 aliphatic heterocycles. The highest BCUT2D eigenvalue weighted by molar-refractivity contribution is 5.70. The van der Waals surface area contributed by atoms with Crippen LogP contribution in [0.15, 0.2) is 48.8 Å². The van der Waals surface area contributed by atoms with E-state index in [0.717, 1.165) is 17.0 Å². The molecule has 0 N–H and O–H groups in total. The fourth-order valence-electron chi connectivity index (χ4n) is 2.98. The summed E-state index contributed by atoms with van der Waals surface area (Å²) in [5, 5.41) is 0. The van der Waals surface area contributed by atoms with Gasteiger partial charge in [0.25, 0.3) is 0 Å². The minimum absolute atomic E-state index is 0.779. The second-order valence-electron chi connectivity index (χ2n) is 5.94. The Morgan fingerprint density at radius 2 is 1.23 bits per heavy atom. The number of aromatic nitrogens is 2. The fourth-order valence-corrected chi connectivity index (χ4v) is 2.98. The zero-order valence-electron chi connectivity index (χ0n) is 13.5. The second-order valence-corrected chi connectivity index (χ2v) is 5.94. The maximum atomic E-state index is 4.58. The highest BCUT2D eigenvalue weighted by Crippen LogP contribution is 2.27. The van der Waals surface area contributed by atoms with Gasteiger partial charge in [0.2, 0.25) is 0 Å². The Bertz CT molecular complexity index is 777. The minimum Gasteiger partial charge on any atom is -0.236 e. The Kier molecular flexibility index (Phi) is 3.76. The molecule has 22 heavy (non-hydrogen) atoms. The van der Waals surface area contributed by atoms with Crippen LogP contribution < -0.4 is 0 Å². The van der Waals surface area contributed by atoms with Crippen LogP contribution in [-0.4, -0.2) is 9.97 Å². The van der Waals surface area contributed by atoms with E-state index >= 15 is 0 Å². The minimum atomic E-state index is 0.779.